The zero-order valence-electron chi connectivity index (χ0n) is 15.1. The second kappa shape index (κ2) is 8.52. The Hall–Kier alpha value is -3.10. The molecule has 144 valence electrons. The van der Waals surface area contributed by atoms with E-state index in [-0.39, 0.29) is 25.1 Å². The third-order valence-electron chi connectivity index (χ3n) is 4.34. The molecular weight excluding hydrogens is 352 g/mol. The summed E-state index contributed by atoms with van der Waals surface area (Å²) < 4.78 is 12.5. The Morgan fingerprint density at radius 3 is 2.78 bits per heavy atom. The monoisotopic (exact) mass is 374 g/mol. The van der Waals surface area contributed by atoms with Crippen LogP contribution in [0.15, 0.2) is 24.4 Å². The number of rotatable bonds is 8. The predicted octanol–water partition coefficient (Wildman–Crippen LogP) is 1.62. The molecule has 9 nitrogen and oxygen atoms in total. The van der Waals surface area contributed by atoms with Crippen molar-refractivity contribution in [3.63, 3.8) is 0 Å². The summed E-state index contributed by atoms with van der Waals surface area (Å²) in [6, 6.07) is 5.05. The van der Waals surface area contributed by atoms with Crippen molar-refractivity contribution in [3.05, 3.63) is 35.7 Å². The number of aromatic nitrogens is 3. The molecule has 2 aromatic rings. The number of aliphatic carboxylic acids is 1. The number of carbonyl (C=O) groups excluding carboxylic acids is 1. The predicted molar refractivity (Wildman–Crippen MR) is 94.7 cm³/mol. The van der Waals surface area contributed by atoms with Gasteiger partial charge in [0, 0.05) is 5.56 Å². The summed E-state index contributed by atoms with van der Waals surface area (Å²) in [5, 5.41) is 19.0. The third kappa shape index (κ3) is 4.96. The molecule has 3 rings (SSSR count). The van der Waals surface area contributed by atoms with Crippen molar-refractivity contribution < 1.29 is 24.2 Å². The van der Waals surface area contributed by atoms with Crippen molar-refractivity contribution in [2.24, 2.45) is 0 Å². The SMILES string of the molecule is COc1ccc(C(=O)NCc2cn(CC(=O)O)nn2)cc1OC1CCCC1. The molecule has 1 aliphatic carbocycles. The Morgan fingerprint density at radius 2 is 2.07 bits per heavy atom. The minimum Gasteiger partial charge on any atom is -0.493 e. The van der Waals surface area contributed by atoms with E-state index < -0.39 is 5.97 Å². The lowest BCUT2D eigenvalue weighted by molar-refractivity contribution is -0.137. The van der Waals surface area contributed by atoms with E-state index in [0.29, 0.717) is 22.8 Å². The molecule has 1 aromatic heterocycles. The van der Waals surface area contributed by atoms with Crippen molar-refractivity contribution >= 4 is 11.9 Å². The Kier molecular flexibility index (Phi) is 5.90. The highest BCUT2D eigenvalue weighted by Gasteiger charge is 2.19. The Labute approximate surface area is 156 Å². The molecule has 27 heavy (non-hydrogen) atoms. The molecule has 0 spiro atoms. The van der Waals surface area contributed by atoms with Gasteiger partial charge in [-0.25, -0.2) is 4.68 Å². The van der Waals surface area contributed by atoms with Gasteiger partial charge in [-0.1, -0.05) is 5.21 Å². The van der Waals surface area contributed by atoms with Crippen LogP contribution in [0.25, 0.3) is 0 Å². The van der Waals surface area contributed by atoms with Crippen molar-refractivity contribution in [3.8, 4) is 11.5 Å². The molecule has 1 amide bonds. The minimum atomic E-state index is -1.01. The molecule has 1 fully saturated rings. The summed E-state index contributed by atoms with van der Waals surface area (Å²) in [6.07, 6.45) is 5.95. The number of nitrogens with zero attached hydrogens (tertiary/aromatic N) is 3. The van der Waals surface area contributed by atoms with Crippen LogP contribution < -0.4 is 14.8 Å². The largest absolute Gasteiger partial charge is 0.493 e. The van der Waals surface area contributed by atoms with Crippen molar-refractivity contribution in [2.75, 3.05) is 7.11 Å². The van der Waals surface area contributed by atoms with Crippen LogP contribution in [0.3, 0.4) is 0 Å². The summed E-state index contributed by atoms with van der Waals surface area (Å²) in [5.74, 6) is -0.148. The lowest BCUT2D eigenvalue weighted by Crippen LogP contribution is -2.23. The Bertz CT molecular complexity index is 814. The number of methoxy groups -OCH3 is 1. The maximum atomic E-state index is 12.4. The Balaban J connectivity index is 1.63. The zero-order valence-corrected chi connectivity index (χ0v) is 15.1. The molecule has 0 aliphatic heterocycles. The number of carboxylic acid groups (broad SMARTS) is 1. The van der Waals surface area contributed by atoms with Gasteiger partial charge in [0.05, 0.1) is 26.0 Å². The van der Waals surface area contributed by atoms with E-state index in [4.69, 9.17) is 14.6 Å². The minimum absolute atomic E-state index is 0.142. The number of carbonyl (C=O) groups is 2. The van der Waals surface area contributed by atoms with Gasteiger partial charge in [-0.2, -0.15) is 0 Å². The zero-order chi connectivity index (χ0) is 19.2. The molecule has 1 heterocycles. The van der Waals surface area contributed by atoms with E-state index in [1.165, 1.54) is 10.9 Å². The van der Waals surface area contributed by atoms with E-state index >= 15 is 0 Å². The standard InChI is InChI=1S/C18H22N4O5/c1-26-15-7-6-12(8-16(15)27-14-4-2-3-5-14)18(25)19-9-13-10-22(21-20-13)11-17(23)24/h6-8,10,14H,2-5,9,11H2,1H3,(H,19,25)(H,23,24). The van der Waals surface area contributed by atoms with Crippen LogP contribution in [0.1, 0.15) is 41.7 Å². The van der Waals surface area contributed by atoms with E-state index in [1.54, 1.807) is 25.3 Å². The number of benzene rings is 1. The average molecular weight is 374 g/mol. The molecular formula is C18H22N4O5. The van der Waals surface area contributed by atoms with Gasteiger partial charge in [-0.3, -0.25) is 9.59 Å². The van der Waals surface area contributed by atoms with Gasteiger partial charge in [-0.15, -0.1) is 5.10 Å². The fourth-order valence-electron chi connectivity index (χ4n) is 3.00. The van der Waals surface area contributed by atoms with Crippen molar-refractivity contribution in [2.45, 2.75) is 44.9 Å². The van der Waals surface area contributed by atoms with Crippen LogP contribution in [0.5, 0.6) is 11.5 Å². The first-order valence-corrected chi connectivity index (χ1v) is 8.79. The van der Waals surface area contributed by atoms with Crippen molar-refractivity contribution in [1.82, 2.24) is 20.3 Å². The number of hydrogen-bond acceptors (Lipinski definition) is 6. The van der Waals surface area contributed by atoms with Gasteiger partial charge < -0.3 is 19.9 Å². The van der Waals surface area contributed by atoms with Gasteiger partial charge in [0.1, 0.15) is 12.2 Å². The first-order chi connectivity index (χ1) is 13.0. The highest BCUT2D eigenvalue weighted by atomic mass is 16.5. The Morgan fingerprint density at radius 1 is 1.30 bits per heavy atom. The molecule has 1 saturated carbocycles. The van der Waals surface area contributed by atoms with Crippen LogP contribution >= 0.6 is 0 Å². The van der Waals surface area contributed by atoms with Crippen LogP contribution in [0.4, 0.5) is 0 Å². The van der Waals surface area contributed by atoms with E-state index in [0.717, 1.165) is 25.7 Å². The molecule has 2 N–H and O–H groups in total. The van der Waals surface area contributed by atoms with E-state index in [1.807, 2.05) is 0 Å². The smallest absolute Gasteiger partial charge is 0.325 e. The second-order valence-electron chi connectivity index (χ2n) is 6.37. The molecule has 1 aromatic carbocycles. The maximum absolute atomic E-state index is 12.4. The van der Waals surface area contributed by atoms with Gasteiger partial charge >= 0.3 is 5.97 Å². The lowest BCUT2D eigenvalue weighted by atomic mass is 10.2. The first kappa shape index (κ1) is 18.7. The molecule has 0 saturated heterocycles. The summed E-state index contributed by atoms with van der Waals surface area (Å²) >= 11 is 0. The fraction of sp³-hybridized carbons (Fsp3) is 0.444. The van der Waals surface area contributed by atoms with Gasteiger partial charge in [0.25, 0.3) is 5.91 Å². The molecule has 0 radical (unpaired) electrons. The second-order valence-corrected chi connectivity index (χ2v) is 6.37. The molecule has 0 atom stereocenters. The normalized spacial score (nSPS) is 14.1. The molecule has 9 heteroatoms. The third-order valence-corrected chi connectivity index (χ3v) is 4.34. The highest BCUT2D eigenvalue weighted by Crippen LogP contribution is 2.32. The number of ether oxygens (including phenoxy) is 2. The number of amides is 1. The van der Waals surface area contributed by atoms with Crippen molar-refractivity contribution in [1.29, 1.82) is 0 Å². The number of carboxylic acids is 1. The average Bonchev–Trinajstić information content (AvgIpc) is 3.31. The molecule has 0 unspecified atom stereocenters. The van der Waals surface area contributed by atoms with Crippen LogP contribution in [0, 0.1) is 0 Å². The van der Waals surface area contributed by atoms with E-state index in [2.05, 4.69) is 15.6 Å². The van der Waals surface area contributed by atoms with Gasteiger partial charge in [0.15, 0.2) is 11.5 Å². The van der Waals surface area contributed by atoms with Gasteiger partial charge in [0.2, 0.25) is 0 Å². The summed E-state index contributed by atoms with van der Waals surface area (Å²) in [4.78, 5) is 23.1. The summed E-state index contributed by atoms with van der Waals surface area (Å²) in [5.41, 5.74) is 0.919. The number of nitrogens with one attached hydrogen (secondary N) is 1. The summed E-state index contributed by atoms with van der Waals surface area (Å²) in [7, 11) is 1.57. The first-order valence-electron chi connectivity index (χ1n) is 8.79. The number of hydrogen-bond donors (Lipinski definition) is 2. The van der Waals surface area contributed by atoms with E-state index in [9.17, 15) is 9.59 Å². The maximum Gasteiger partial charge on any atom is 0.325 e. The quantitative estimate of drug-likeness (QED) is 0.721. The highest BCUT2D eigenvalue weighted by molar-refractivity contribution is 5.94. The van der Waals surface area contributed by atoms with Crippen LogP contribution in [0.2, 0.25) is 0 Å². The van der Waals surface area contributed by atoms with Crippen LogP contribution in [-0.4, -0.2) is 45.2 Å². The molecule has 0 bridgehead atoms. The summed E-state index contributed by atoms with van der Waals surface area (Å²) in [6.45, 7) is -0.134. The van der Waals surface area contributed by atoms with Crippen LogP contribution in [-0.2, 0) is 17.9 Å². The lowest BCUT2D eigenvalue weighted by Gasteiger charge is -2.16. The fourth-order valence-corrected chi connectivity index (χ4v) is 3.00. The topological polar surface area (TPSA) is 116 Å². The molecule has 1 aliphatic rings. The van der Waals surface area contributed by atoms with Gasteiger partial charge in [-0.05, 0) is 43.9 Å².